The van der Waals surface area contributed by atoms with Gasteiger partial charge in [-0.05, 0) is 24.2 Å². The van der Waals surface area contributed by atoms with Gasteiger partial charge >= 0.3 is 0 Å². The molecule has 0 aromatic rings. The zero-order valence-electron chi connectivity index (χ0n) is 8.68. The summed E-state index contributed by atoms with van der Waals surface area (Å²) in [6.07, 6.45) is 3.14. The Morgan fingerprint density at radius 2 is 1.83 bits per heavy atom. The van der Waals surface area contributed by atoms with Gasteiger partial charge < -0.3 is 0 Å². The van der Waals surface area contributed by atoms with Crippen LogP contribution in [0.1, 0.15) is 47.0 Å². The van der Waals surface area contributed by atoms with Gasteiger partial charge in [-0.2, -0.15) is 0 Å². The number of carbonyl (C=O) groups is 1. The fraction of sp³-hybridized carbons (Fsp3) is 0.909. The van der Waals surface area contributed by atoms with Crippen LogP contribution in [0.4, 0.5) is 0 Å². The average Bonchev–Trinajstić information content (AvgIpc) is 1.92. The summed E-state index contributed by atoms with van der Waals surface area (Å²) in [5, 5.41) is 0. The van der Waals surface area contributed by atoms with E-state index in [0.717, 1.165) is 12.8 Å². The lowest BCUT2D eigenvalue weighted by Gasteiger charge is -2.35. The van der Waals surface area contributed by atoms with Gasteiger partial charge in [-0.25, -0.2) is 0 Å². The minimum atomic E-state index is 0.315. The lowest BCUT2D eigenvalue weighted by atomic mass is 9.70. The molecule has 0 unspecified atom stereocenters. The highest BCUT2D eigenvalue weighted by molar-refractivity contribution is 5.81. The van der Waals surface area contributed by atoms with Gasteiger partial charge in [0.2, 0.25) is 0 Å². The Labute approximate surface area is 75.5 Å². The maximum Gasteiger partial charge on any atom is 0.135 e. The van der Waals surface area contributed by atoms with Gasteiger partial charge in [0, 0.05) is 12.3 Å². The quantitative estimate of drug-likeness (QED) is 0.543. The molecule has 1 saturated carbocycles. The number of rotatable bonds is 0. The topological polar surface area (TPSA) is 17.1 Å². The first kappa shape index (κ1) is 9.76. The molecule has 70 valence electrons. The molecule has 0 aromatic heterocycles. The third-order valence-corrected chi connectivity index (χ3v) is 3.17. The van der Waals surface area contributed by atoms with E-state index >= 15 is 0 Å². The maximum atomic E-state index is 11.5. The predicted octanol–water partition coefficient (Wildman–Crippen LogP) is 3.04. The summed E-state index contributed by atoms with van der Waals surface area (Å²) in [6, 6.07) is 0. The summed E-state index contributed by atoms with van der Waals surface area (Å²) >= 11 is 0. The second-order valence-corrected chi connectivity index (χ2v) is 5.21. The lowest BCUT2D eigenvalue weighted by molar-refractivity contribution is -0.126. The van der Waals surface area contributed by atoms with Crippen LogP contribution in [0, 0.1) is 17.3 Å². The van der Waals surface area contributed by atoms with Crippen molar-refractivity contribution in [3.63, 3.8) is 0 Å². The zero-order valence-corrected chi connectivity index (χ0v) is 8.68. The highest BCUT2D eigenvalue weighted by Gasteiger charge is 2.32. The molecular weight excluding hydrogens is 148 g/mol. The molecule has 1 aliphatic carbocycles. The molecule has 0 aromatic carbocycles. The third kappa shape index (κ3) is 2.09. The van der Waals surface area contributed by atoms with Crippen molar-refractivity contribution in [2.45, 2.75) is 47.0 Å². The Bertz CT molecular complexity index is 176. The van der Waals surface area contributed by atoms with Crippen molar-refractivity contribution in [2.24, 2.45) is 17.3 Å². The van der Waals surface area contributed by atoms with Crippen molar-refractivity contribution in [1.29, 1.82) is 0 Å². The minimum absolute atomic E-state index is 0.315. The van der Waals surface area contributed by atoms with E-state index in [1.807, 2.05) is 0 Å². The van der Waals surface area contributed by atoms with E-state index < -0.39 is 0 Å². The summed E-state index contributed by atoms with van der Waals surface area (Å²) in [5.41, 5.74) is 0.315. The van der Waals surface area contributed by atoms with Gasteiger partial charge in [0.1, 0.15) is 5.78 Å². The highest BCUT2D eigenvalue weighted by Crippen LogP contribution is 2.37. The number of hydrogen-bond donors (Lipinski definition) is 0. The van der Waals surface area contributed by atoms with Crippen LogP contribution >= 0.6 is 0 Å². The summed E-state index contributed by atoms with van der Waals surface area (Å²) in [4.78, 5) is 11.5. The zero-order chi connectivity index (χ0) is 9.35. The van der Waals surface area contributed by atoms with Crippen LogP contribution in [-0.4, -0.2) is 5.78 Å². The van der Waals surface area contributed by atoms with Gasteiger partial charge in [0.15, 0.2) is 0 Å². The molecule has 1 rings (SSSR count). The standard InChI is InChI=1S/C11H20O/c1-8-5-6-9(7-10(8)12)11(2,3)4/h8-9H,5-7H2,1-4H3/t8-,9+/m1/s1. The first-order valence-corrected chi connectivity index (χ1v) is 4.94. The van der Waals surface area contributed by atoms with E-state index in [0.29, 0.717) is 23.0 Å². The Kier molecular flexibility index (Phi) is 2.60. The van der Waals surface area contributed by atoms with Crippen LogP contribution < -0.4 is 0 Å². The van der Waals surface area contributed by atoms with Crippen molar-refractivity contribution in [1.82, 2.24) is 0 Å². The van der Waals surface area contributed by atoms with Gasteiger partial charge in [-0.1, -0.05) is 27.7 Å². The fourth-order valence-corrected chi connectivity index (χ4v) is 1.90. The molecule has 1 nitrogen and oxygen atoms in total. The SMILES string of the molecule is C[C@@H]1CC[C@H](C(C)(C)C)CC1=O. The van der Waals surface area contributed by atoms with E-state index in [-0.39, 0.29) is 0 Å². The van der Waals surface area contributed by atoms with Crippen molar-refractivity contribution in [3.8, 4) is 0 Å². The van der Waals surface area contributed by atoms with Crippen molar-refractivity contribution in [3.05, 3.63) is 0 Å². The lowest BCUT2D eigenvalue weighted by Crippen LogP contribution is -2.30. The van der Waals surface area contributed by atoms with E-state index in [4.69, 9.17) is 0 Å². The predicted molar refractivity (Wildman–Crippen MR) is 51.0 cm³/mol. The van der Waals surface area contributed by atoms with Crippen LogP contribution in [0.5, 0.6) is 0 Å². The van der Waals surface area contributed by atoms with E-state index in [1.165, 1.54) is 6.42 Å². The number of Topliss-reactive ketones (excluding diaryl/α,β-unsaturated/α-hetero) is 1. The molecule has 0 spiro atoms. The van der Waals surface area contributed by atoms with Gasteiger partial charge in [0.25, 0.3) is 0 Å². The Morgan fingerprint density at radius 1 is 1.25 bits per heavy atom. The Morgan fingerprint density at radius 3 is 2.25 bits per heavy atom. The maximum absolute atomic E-state index is 11.5. The molecule has 0 aliphatic heterocycles. The van der Waals surface area contributed by atoms with Gasteiger partial charge in [-0.3, -0.25) is 4.79 Å². The summed E-state index contributed by atoms with van der Waals surface area (Å²) in [7, 11) is 0. The first-order chi connectivity index (χ1) is 5.41. The largest absolute Gasteiger partial charge is 0.299 e. The van der Waals surface area contributed by atoms with Crippen molar-refractivity contribution in [2.75, 3.05) is 0 Å². The second-order valence-electron chi connectivity index (χ2n) is 5.21. The molecule has 2 atom stereocenters. The molecule has 0 amide bonds. The summed E-state index contributed by atoms with van der Waals surface area (Å²) < 4.78 is 0. The Hall–Kier alpha value is -0.330. The third-order valence-electron chi connectivity index (χ3n) is 3.17. The Balaban J connectivity index is 2.57. The van der Waals surface area contributed by atoms with E-state index in [2.05, 4.69) is 27.7 Å². The molecule has 0 radical (unpaired) electrons. The highest BCUT2D eigenvalue weighted by atomic mass is 16.1. The van der Waals surface area contributed by atoms with Crippen LogP contribution in [0.3, 0.4) is 0 Å². The smallest absolute Gasteiger partial charge is 0.135 e. The molecule has 1 aliphatic rings. The summed E-state index contributed by atoms with van der Waals surface area (Å²) in [6.45, 7) is 8.77. The minimum Gasteiger partial charge on any atom is -0.299 e. The molecule has 12 heavy (non-hydrogen) atoms. The van der Waals surface area contributed by atoms with E-state index in [9.17, 15) is 4.79 Å². The van der Waals surface area contributed by atoms with Gasteiger partial charge in [-0.15, -0.1) is 0 Å². The van der Waals surface area contributed by atoms with Crippen LogP contribution in [0.15, 0.2) is 0 Å². The fourth-order valence-electron chi connectivity index (χ4n) is 1.90. The molecule has 1 heteroatoms. The molecule has 0 N–H and O–H groups in total. The van der Waals surface area contributed by atoms with Crippen LogP contribution in [0.25, 0.3) is 0 Å². The molecule has 0 saturated heterocycles. The monoisotopic (exact) mass is 168 g/mol. The van der Waals surface area contributed by atoms with Gasteiger partial charge in [0.05, 0.1) is 0 Å². The summed E-state index contributed by atoms with van der Waals surface area (Å²) in [5.74, 6) is 1.41. The van der Waals surface area contributed by atoms with Crippen molar-refractivity contribution >= 4 is 5.78 Å². The number of ketones is 1. The molecule has 1 fully saturated rings. The first-order valence-electron chi connectivity index (χ1n) is 4.94. The van der Waals surface area contributed by atoms with E-state index in [1.54, 1.807) is 0 Å². The van der Waals surface area contributed by atoms with Crippen LogP contribution in [0.2, 0.25) is 0 Å². The number of carbonyl (C=O) groups excluding carboxylic acids is 1. The molecular formula is C11H20O. The normalized spacial score (nSPS) is 32.2. The van der Waals surface area contributed by atoms with Crippen LogP contribution in [-0.2, 0) is 4.79 Å². The average molecular weight is 168 g/mol. The second kappa shape index (κ2) is 3.20. The molecule has 0 heterocycles. The van der Waals surface area contributed by atoms with Crippen molar-refractivity contribution < 1.29 is 4.79 Å². The number of hydrogen-bond acceptors (Lipinski definition) is 1. The molecule has 0 bridgehead atoms.